The highest BCUT2D eigenvalue weighted by molar-refractivity contribution is 5.85. The first kappa shape index (κ1) is 26.3. The third kappa shape index (κ3) is 5.64. The van der Waals surface area contributed by atoms with Gasteiger partial charge in [-0.05, 0) is 74.9 Å². The molecule has 1 saturated carbocycles. The van der Waals surface area contributed by atoms with Gasteiger partial charge in [0, 0.05) is 12.6 Å². The zero-order valence-electron chi connectivity index (χ0n) is 21.8. The van der Waals surface area contributed by atoms with Gasteiger partial charge in [0.15, 0.2) is 5.54 Å². The Bertz CT molecular complexity index is 1040. The molecule has 0 amide bonds. The summed E-state index contributed by atoms with van der Waals surface area (Å²) >= 11 is 0. The Morgan fingerprint density at radius 1 is 1.14 bits per heavy atom. The molecule has 4 rings (SSSR count). The first-order chi connectivity index (χ1) is 17.3. The number of nitrogens with zero attached hydrogens (tertiary/aromatic N) is 3. The van der Waals surface area contributed by atoms with Crippen LogP contribution in [0.5, 0.6) is 0 Å². The van der Waals surface area contributed by atoms with Crippen molar-refractivity contribution in [1.29, 1.82) is 0 Å². The van der Waals surface area contributed by atoms with Crippen LogP contribution in [0.3, 0.4) is 0 Å². The number of carboxylic acids is 1. The molecular formula is C30H40FN3O2. The van der Waals surface area contributed by atoms with Crippen molar-refractivity contribution in [2.75, 3.05) is 14.1 Å². The topological polar surface area (TPSA) is 56.1 Å². The zero-order chi connectivity index (χ0) is 25.7. The van der Waals surface area contributed by atoms with Crippen molar-refractivity contribution in [2.24, 2.45) is 16.8 Å². The summed E-state index contributed by atoms with van der Waals surface area (Å²) in [5, 5.41) is 10.3. The summed E-state index contributed by atoms with van der Waals surface area (Å²) in [7, 11) is 4.15. The SMILES string of the molecule is CCCC1(C(=O)O)N=CN(Cc2ccccc2)C1CC1CCC(C(c2cccc(F)c2)N(C)C)CC1. The highest BCUT2D eigenvalue weighted by atomic mass is 19.1. The summed E-state index contributed by atoms with van der Waals surface area (Å²) in [6, 6.07) is 17.3. The molecule has 6 heteroatoms. The minimum Gasteiger partial charge on any atom is -0.479 e. The molecule has 5 nitrogen and oxygen atoms in total. The van der Waals surface area contributed by atoms with Gasteiger partial charge in [0.1, 0.15) is 5.82 Å². The maximum Gasteiger partial charge on any atom is 0.333 e. The van der Waals surface area contributed by atoms with Crippen molar-refractivity contribution in [3.63, 3.8) is 0 Å². The molecule has 1 N–H and O–H groups in total. The van der Waals surface area contributed by atoms with Crippen LogP contribution in [0.1, 0.15) is 69.0 Å². The minimum atomic E-state index is -1.08. The number of carboxylic acid groups (broad SMARTS) is 1. The number of aliphatic imine (C=N–C) groups is 1. The average Bonchev–Trinajstić information content (AvgIpc) is 3.19. The highest BCUT2D eigenvalue weighted by Crippen LogP contribution is 2.43. The van der Waals surface area contributed by atoms with Gasteiger partial charge >= 0.3 is 5.97 Å². The van der Waals surface area contributed by atoms with E-state index in [1.807, 2.05) is 31.2 Å². The van der Waals surface area contributed by atoms with Gasteiger partial charge in [0.05, 0.1) is 12.4 Å². The fraction of sp³-hybridized carbons (Fsp3) is 0.533. The van der Waals surface area contributed by atoms with E-state index in [-0.39, 0.29) is 17.9 Å². The van der Waals surface area contributed by atoms with Crippen molar-refractivity contribution < 1.29 is 14.3 Å². The standard InChI is InChI=1S/C30H40FN3O2/c1-4-17-30(29(35)36)27(34(21-32-30)20-23-9-6-5-7-10-23)18-22-13-15-24(16-14-22)28(33(2)3)25-11-8-12-26(31)19-25/h5-12,19,21-22,24,27-28H,4,13-18,20H2,1-3H3,(H,35,36). The van der Waals surface area contributed by atoms with E-state index in [2.05, 4.69) is 41.0 Å². The van der Waals surface area contributed by atoms with Crippen LogP contribution in [0.15, 0.2) is 59.6 Å². The second kappa shape index (κ2) is 11.5. The largest absolute Gasteiger partial charge is 0.479 e. The lowest BCUT2D eigenvalue weighted by Gasteiger charge is -2.41. The Labute approximate surface area is 215 Å². The molecule has 3 unspecified atom stereocenters. The van der Waals surface area contributed by atoms with Crippen molar-refractivity contribution in [1.82, 2.24) is 9.80 Å². The first-order valence-electron chi connectivity index (χ1n) is 13.3. The second-order valence-electron chi connectivity index (χ2n) is 10.9. The summed E-state index contributed by atoms with van der Waals surface area (Å²) in [5.74, 6) is -0.0855. The Morgan fingerprint density at radius 3 is 2.47 bits per heavy atom. The number of benzene rings is 2. The molecule has 3 atom stereocenters. The quantitative estimate of drug-likeness (QED) is 0.431. The van der Waals surface area contributed by atoms with Gasteiger partial charge in [-0.1, -0.05) is 68.7 Å². The Balaban J connectivity index is 1.48. The molecule has 0 aromatic heterocycles. The molecule has 36 heavy (non-hydrogen) atoms. The summed E-state index contributed by atoms with van der Waals surface area (Å²) < 4.78 is 14.0. The fourth-order valence-corrected chi connectivity index (χ4v) is 6.55. The molecule has 0 bridgehead atoms. The van der Waals surface area contributed by atoms with E-state index in [0.29, 0.717) is 24.8 Å². The van der Waals surface area contributed by atoms with E-state index in [1.54, 1.807) is 18.5 Å². The van der Waals surface area contributed by atoms with E-state index >= 15 is 0 Å². The highest BCUT2D eigenvalue weighted by Gasteiger charge is 2.51. The van der Waals surface area contributed by atoms with Gasteiger partial charge < -0.3 is 14.9 Å². The van der Waals surface area contributed by atoms with Crippen LogP contribution < -0.4 is 0 Å². The van der Waals surface area contributed by atoms with Crippen LogP contribution >= 0.6 is 0 Å². The van der Waals surface area contributed by atoms with E-state index in [4.69, 9.17) is 0 Å². The van der Waals surface area contributed by atoms with Gasteiger partial charge in [0.2, 0.25) is 0 Å². The number of rotatable bonds is 10. The van der Waals surface area contributed by atoms with Gasteiger partial charge in [-0.25, -0.2) is 9.18 Å². The molecule has 0 radical (unpaired) electrons. The van der Waals surface area contributed by atoms with Crippen LogP contribution in [0, 0.1) is 17.7 Å². The first-order valence-corrected chi connectivity index (χ1v) is 13.3. The fourth-order valence-electron chi connectivity index (χ4n) is 6.55. The van der Waals surface area contributed by atoms with Crippen molar-refractivity contribution in [2.45, 2.75) is 76.0 Å². The molecule has 1 aliphatic heterocycles. The van der Waals surface area contributed by atoms with Crippen LogP contribution in [-0.4, -0.2) is 52.9 Å². The summed E-state index contributed by atoms with van der Waals surface area (Å²) in [6.07, 6.45) is 8.19. The summed E-state index contributed by atoms with van der Waals surface area (Å²) in [4.78, 5) is 21.6. The molecule has 2 aromatic rings. The molecule has 0 saturated heterocycles. The molecule has 1 heterocycles. The second-order valence-corrected chi connectivity index (χ2v) is 10.9. The Morgan fingerprint density at radius 2 is 1.86 bits per heavy atom. The number of aliphatic carboxylic acids is 1. The summed E-state index contributed by atoms with van der Waals surface area (Å²) in [5.41, 5.74) is 1.13. The molecule has 194 valence electrons. The van der Waals surface area contributed by atoms with Gasteiger partial charge in [-0.15, -0.1) is 0 Å². The maximum absolute atomic E-state index is 14.0. The molecule has 1 fully saturated rings. The molecule has 2 aliphatic rings. The molecular weight excluding hydrogens is 453 g/mol. The number of carbonyl (C=O) groups is 1. The predicted molar refractivity (Wildman–Crippen MR) is 142 cm³/mol. The summed E-state index contributed by atoms with van der Waals surface area (Å²) in [6.45, 7) is 2.71. The lowest BCUT2D eigenvalue weighted by atomic mass is 9.72. The van der Waals surface area contributed by atoms with Crippen LogP contribution in [-0.2, 0) is 11.3 Å². The van der Waals surface area contributed by atoms with Gasteiger partial charge in [-0.3, -0.25) is 4.99 Å². The third-order valence-corrected chi connectivity index (χ3v) is 8.24. The minimum absolute atomic E-state index is 0.149. The van der Waals surface area contributed by atoms with Crippen molar-refractivity contribution in [3.05, 3.63) is 71.5 Å². The zero-order valence-corrected chi connectivity index (χ0v) is 21.8. The van der Waals surface area contributed by atoms with Crippen molar-refractivity contribution in [3.8, 4) is 0 Å². The maximum atomic E-state index is 14.0. The number of hydrogen-bond donors (Lipinski definition) is 1. The van der Waals surface area contributed by atoms with E-state index in [1.165, 1.54) is 11.6 Å². The number of hydrogen-bond acceptors (Lipinski definition) is 4. The molecule has 2 aromatic carbocycles. The van der Waals surface area contributed by atoms with Crippen LogP contribution in [0.4, 0.5) is 4.39 Å². The van der Waals surface area contributed by atoms with E-state index < -0.39 is 11.5 Å². The average molecular weight is 494 g/mol. The monoisotopic (exact) mass is 493 g/mol. The lowest BCUT2D eigenvalue weighted by molar-refractivity contribution is -0.145. The third-order valence-electron chi connectivity index (χ3n) is 8.24. The van der Waals surface area contributed by atoms with Crippen LogP contribution in [0.25, 0.3) is 0 Å². The van der Waals surface area contributed by atoms with Gasteiger partial charge in [-0.2, -0.15) is 0 Å². The Hall–Kier alpha value is -2.73. The smallest absolute Gasteiger partial charge is 0.333 e. The van der Waals surface area contributed by atoms with Crippen molar-refractivity contribution >= 4 is 12.3 Å². The normalized spacial score (nSPS) is 26.9. The Kier molecular flexibility index (Phi) is 8.45. The van der Waals surface area contributed by atoms with E-state index in [0.717, 1.165) is 44.1 Å². The lowest BCUT2D eigenvalue weighted by Crippen LogP contribution is -2.52. The molecule has 0 spiro atoms. The van der Waals surface area contributed by atoms with E-state index in [9.17, 15) is 14.3 Å². The molecule has 1 aliphatic carbocycles. The predicted octanol–water partition coefficient (Wildman–Crippen LogP) is 6.16. The van der Waals surface area contributed by atoms with Crippen LogP contribution in [0.2, 0.25) is 0 Å². The van der Waals surface area contributed by atoms with Gasteiger partial charge in [0.25, 0.3) is 0 Å². The number of halogens is 1.